The molecule has 4 aromatic rings. The second kappa shape index (κ2) is 7.46. The molecule has 30 heavy (non-hydrogen) atoms. The normalized spacial score (nSPS) is 15.7. The highest BCUT2D eigenvalue weighted by Crippen LogP contribution is 2.35. The zero-order chi connectivity index (χ0) is 20.7. The van der Waals surface area contributed by atoms with Gasteiger partial charge in [-0.15, -0.1) is 5.10 Å². The number of hydrogen-bond donors (Lipinski definition) is 1. The van der Waals surface area contributed by atoms with Gasteiger partial charge in [0.25, 0.3) is 0 Å². The Labute approximate surface area is 174 Å². The molecule has 0 unspecified atom stereocenters. The van der Waals surface area contributed by atoms with Gasteiger partial charge in [0, 0.05) is 18.0 Å². The van der Waals surface area contributed by atoms with Crippen molar-refractivity contribution in [1.29, 1.82) is 0 Å². The number of ether oxygens (including phenoxy) is 1. The Morgan fingerprint density at radius 2 is 1.97 bits per heavy atom. The lowest BCUT2D eigenvalue weighted by molar-refractivity contribution is 0.210. The third-order valence-electron chi connectivity index (χ3n) is 5.71. The minimum atomic E-state index is 0.363. The van der Waals surface area contributed by atoms with E-state index in [4.69, 9.17) is 20.0 Å². The van der Waals surface area contributed by atoms with Gasteiger partial charge in [-0.05, 0) is 51.2 Å². The van der Waals surface area contributed by atoms with Gasteiger partial charge in [0.2, 0.25) is 11.8 Å². The molecule has 8 heteroatoms. The number of piperidine rings is 1. The summed E-state index contributed by atoms with van der Waals surface area (Å²) >= 11 is 0. The summed E-state index contributed by atoms with van der Waals surface area (Å²) in [6, 6.07) is 9.93. The maximum atomic E-state index is 6.16. The largest absolute Gasteiger partial charge is 0.479 e. The van der Waals surface area contributed by atoms with Crippen LogP contribution in [0.25, 0.3) is 33.7 Å². The number of methoxy groups -OCH3 is 1. The number of aromatic nitrogens is 4. The molecule has 8 nitrogen and oxygen atoms in total. The zero-order valence-corrected chi connectivity index (χ0v) is 17.1. The molecule has 0 atom stereocenters. The average molecular weight is 404 g/mol. The SMILES string of the molecule is COc1nn(C2CCN(C)CC2)cc1-c1cnc(N)c(-c2nc3ccccc3o2)c1. The second-order valence-corrected chi connectivity index (χ2v) is 7.71. The lowest BCUT2D eigenvalue weighted by atomic mass is 10.1. The third-order valence-corrected chi connectivity index (χ3v) is 5.71. The number of fused-ring (bicyclic) bond motifs is 1. The molecule has 154 valence electrons. The molecule has 0 spiro atoms. The van der Waals surface area contributed by atoms with Crippen molar-refractivity contribution >= 4 is 16.9 Å². The Balaban J connectivity index is 1.53. The van der Waals surface area contributed by atoms with Crippen LogP contribution in [0.1, 0.15) is 18.9 Å². The molecule has 1 saturated heterocycles. The van der Waals surface area contributed by atoms with Crippen molar-refractivity contribution in [3.63, 3.8) is 0 Å². The van der Waals surface area contributed by atoms with E-state index in [0.29, 0.717) is 34.8 Å². The number of para-hydroxylation sites is 2. The Morgan fingerprint density at radius 1 is 1.17 bits per heavy atom. The van der Waals surface area contributed by atoms with Crippen molar-refractivity contribution in [2.45, 2.75) is 18.9 Å². The average Bonchev–Trinajstić information content (AvgIpc) is 3.39. The van der Waals surface area contributed by atoms with Crippen molar-refractivity contribution in [3.8, 4) is 28.5 Å². The number of nitrogens with two attached hydrogens (primary N) is 1. The summed E-state index contributed by atoms with van der Waals surface area (Å²) < 4.78 is 13.5. The molecular weight excluding hydrogens is 380 g/mol. The number of anilines is 1. The van der Waals surface area contributed by atoms with Crippen molar-refractivity contribution in [2.75, 3.05) is 33.0 Å². The van der Waals surface area contributed by atoms with E-state index in [1.54, 1.807) is 13.3 Å². The van der Waals surface area contributed by atoms with E-state index < -0.39 is 0 Å². The van der Waals surface area contributed by atoms with Gasteiger partial charge in [-0.1, -0.05) is 12.1 Å². The standard InChI is InChI=1S/C22H24N6O2/c1-27-9-7-15(8-10-27)28-13-17(22(26-28)29-2)14-11-16(20(23)24-12-14)21-25-18-5-3-4-6-19(18)30-21/h3-6,11-13,15H,7-10H2,1-2H3,(H2,23,24). The summed E-state index contributed by atoms with van der Waals surface area (Å²) in [5, 5.41) is 4.69. The Morgan fingerprint density at radius 3 is 2.73 bits per heavy atom. The maximum absolute atomic E-state index is 6.16. The number of nitrogens with zero attached hydrogens (tertiary/aromatic N) is 5. The minimum absolute atomic E-state index is 0.363. The molecular formula is C22H24N6O2. The fraction of sp³-hybridized carbons (Fsp3) is 0.318. The number of likely N-dealkylation sites (tertiary alicyclic amines) is 1. The molecule has 0 radical (unpaired) electrons. The quantitative estimate of drug-likeness (QED) is 0.555. The van der Waals surface area contributed by atoms with Crippen LogP contribution < -0.4 is 10.5 Å². The molecule has 4 heterocycles. The van der Waals surface area contributed by atoms with Gasteiger partial charge >= 0.3 is 0 Å². The number of benzene rings is 1. The lowest BCUT2D eigenvalue weighted by Gasteiger charge is -2.28. The summed E-state index contributed by atoms with van der Waals surface area (Å²) in [5.74, 6) is 1.39. The predicted octanol–water partition coefficient (Wildman–Crippen LogP) is 3.61. The first kappa shape index (κ1) is 18.6. The van der Waals surface area contributed by atoms with Crippen LogP contribution >= 0.6 is 0 Å². The van der Waals surface area contributed by atoms with E-state index in [-0.39, 0.29) is 0 Å². The van der Waals surface area contributed by atoms with Crippen LogP contribution in [0.3, 0.4) is 0 Å². The van der Waals surface area contributed by atoms with E-state index in [9.17, 15) is 0 Å². The molecule has 0 bridgehead atoms. The number of oxazole rings is 1. The smallest absolute Gasteiger partial charge is 0.240 e. The Kier molecular flexibility index (Phi) is 4.63. The topological polar surface area (TPSA) is 95.2 Å². The highest BCUT2D eigenvalue weighted by molar-refractivity contribution is 5.81. The number of hydrogen-bond acceptors (Lipinski definition) is 7. The highest BCUT2D eigenvalue weighted by Gasteiger charge is 2.23. The predicted molar refractivity (Wildman–Crippen MR) is 115 cm³/mol. The van der Waals surface area contributed by atoms with Gasteiger partial charge in [-0.25, -0.2) is 9.97 Å². The van der Waals surface area contributed by atoms with Crippen LogP contribution in [-0.4, -0.2) is 51.9 Å². The van der Waals surface area contributed by atoms with Crippen LogP contribution in [0.2, 0.25) is 0 Å². The van der Waals surface area contributed by atoms with Crippen LogP contribution in [0, 0.1) is 0 Å². The zero-order valence-electron chi connectivity index (χ0n) is 17.1. The molecule has 0 aliphatic carbocycles. The van der Waals surface area contributed by atoms with Crippen molar-refractivity contribution in [2.24, 2.45) is 0 Å². The van der Waals surface area contributed by atoms with Gasteiger partial charge in [0.1, 0.15) is 11.3 Å². The second-order valence-electron chi connectivity index (χ2n) is 7.71. The van der Waals surface area contributed by atoms with Gasteiger partial charge in [-0.3, -0.25) is 4.68 Å². The van der Waals surface area contributed by atoms with Gasteiger partial charge in [-0.2, -0.15) is 0 Å². The molecule has 0 amide bonds. The minimum Gasteiger partial charge on any atom is -0.479 e. The van der Waals surface area contributed by atoms with Crippen LogP contribution in [0.4, 0.5) is 5.82 Å². The summed E-state index contributed by atoms with van der Waals surface area (Å²) in [5.41, 5.74) is 10.0. The summed E-state index contributed by atoms with van der Waals surface area (Å²) in [6.45, 7) is 2.13. The molecule has 1 aliphatic heterocycles. The van der Waals surface area contributed by atoms with E-state index in [2.05, 4.69) is 21.9 Å². The molecule has 1 fully saturated rings. The molecule has 5 rings (SSSR count). The number of pyridine rings is 1. The number of nitrogen functional groups attached to an aromatic ring is 1. The summed E-state index contributed by atoms with van der Waals surface area (Å²) in [4.78, 5) is 11.3. The Bertz CT molecular complexity index is 1160. The number of rotatable bonds is 4. The molecule has 1 aliphatic rings. The molecule has 1 aromatic carbocycles. The summed E-state index contributed by atoms with van der Waals surface area (Å²) in [6.07, 6.45) is 5.90. The first-order chi connectivity index (χ1) is 14.6. The molecule has 3 aromatic heterocycles. The molecule has 0 saturated carbocycles. The van der Waals surface area contributed by atoms with E-state index in [1.165, 1.54) is 0 Å². The first-order valence-corrected chi connectivity index (χ1v) is 10.1. The fourth-order valence-electron chi connectivity index (χ4n) is 3.95. The van der Waals surface area contributed by atoms with Gasteiger partial charge in [0.15, 0.2) is 5.58 Å². The van der Waals surface area contributed by atoms with Crippen molar-refractivity contribution in [1.82, 2.24) is 24.6 Å². The monoisotopic (exact) mass is 404 g/mol. The van der Waals surface area contributed by atoms with E-state index in [0.717, 1.165) is 42.6 Å². The van der Waals surface area contributed by atoms with Gasteiger partial charge in [0.05, 0.1) is 24.3 Å². The van der Waals surface area contributed by atoms with Crippen molar-refractivity contribution < 1.29 is 9.15 Å². The lowest BCUT2D eigenvalue weighted by Crippen LogP contribution is -2.31. The molecule has 2 N–H and O–H groups in total. The Hall–Kier alpha value is -3.39. The third kappa shape index (κ3) is 3.29. The van der Waals surface area contributed by atoms with Gasteiger partial charge < -0.3 is 19.8 Å². The van der Waals surface area contributed by atoms with Crippen LogP contribution in [0.15, 0.2) is 47.1 Å². The van der Waals surface area contributed by atoms with E-state index >= 15 is 0 Å². The highest BCUT2D eigenvalue weighted by atomic mass is 16.5. The fourth-order valence-corrected chi connectivity index (χ4v) is 3.95. The maximum Gasteiger partial charge on any atom is 0.240 e. The van der Waals surface area contributed by atoms with Crippen LogP contribution in [0.5, 0.6) is 5.88 Å². The van der Waals surface area contributed by atoms with E-state index in [1.807, 2.05) is 41.2 Å². The van der Waals surface area contributed by atoms with Crippen molar-refractivity contribution in [3.05, 3.63) is 42.7 Å². The van der Waals surface area contributed by atoms with Crippen LogP contribution in [-0.2, 0) is 0 Å². The summed E-state index contributed by atoms with van der Waals surface area (Å²) in [7, 11) is 3.79. The first-order valence-electron chi connectivity index (χ1n) is 10.1.